The van der Waals surface area contributed by atoms with Gasteiger partial charge in [0, 0.05) is 25.2 Å². The van der Waals surface area contributed by atoms with Crippen LogP contribution in [0, 0.1) is 0 Å². The van der Waals surface area contributed by atoms with E-state index in [-0.39, 0.29) is 18.4 Å². The predicted molar refractivity (Wildman–Crippen MR) is 101 cm³/mol. The Morgan fingerprint density at radius 3 is 2.43 bits per heavy atom. The summed E-state index contributed by atoms with van der Waals surface area (Å²) in [6, 6.07) is 9.71. The van der Waals surface area contributed by atoms with Crippen LogP contribution in [0.5, 0.6) is 11.5 Å². The summed E-state index contributed by atoms with van der Waals surface area (Å²) >= 11 is 0. The smallest absolute Gasteiger partial charge is 0.416 e. The number of hydrogen-bond acceptors (Lipinski definition) is 5. The van der Waals surface area contributed by atoms with Crippen molar-refractivity contribution >= 4 is 5.91 Å². The molecule has 6 nitrogen and oxygen atoms in total. The first kappa shape index (κ1) is 20.5. The number of hydrogen-bond donors (Lipinski definition) is 1. The molecule has 1 atom stereocenters. The fraction of sp³-hybridized carbons (Fsp3) is 0.381. The van der Waals surface area contributed by atoms with Gasteiger partial charge in [-0.05, 0) is 42.0 Å². The molecule has 1 fully saturated rings. The van der Waals surface area contributed by atoms with E-state index in [1.807, 2.05) is 18.2 Å². The first-order valence-electron chi connectivity index (χ1n) is 9.58. The number of carbonyl (C=O) groups excluding carboxylic acids is 1. The van der Waals surface area contributed by atoms with Crippen LogP contribution in [-0.4, -0.2) is 50.4 Å². The van der Waals surface area contributed by atoms with Crippen molar-refractivity contribution in [1.82, 2.24) is 10.2 Å². The van der Waals surface area contributed by atoms with Gasteiger partial charge in [-0.1, -0.05) is 6.07 Å². The lowest BCUT2D eigenvalue weighted by molar-refractivity contribution is -0.137. The molecule has 160 valence electrons. The quantitative estimate of drug-likeness (QED) is 0.802. The number of nitrogens with zero attached hydrogens (tertiary/aromatic N) is 1. The van der Waals surface area contributed by atoms with Crippen LogP contribution in [0.4, 0.5) is 13.2 Å². The van der Waals surface area contributed by atoms with Gasteiger partial charge in [0.05, 0.1) is 24.8 Å². The first-order valence-corrected chi connectivity index (χ1v) is 9.58. The summed E-state index contributed by atoms with van der Waals surface area (Å²) in [6.45, 7) is 3.05. The molecule has 9 heteroatoms. The zero-order valence-corrected chi connectivity index (χ0v) is 16.1. The van der Waals surface area contributed by atoms with Gasteiger partial charge in [0.2, 0.25) is 6.79 Å². The third-order valence-electron chi connectivity index (χ3n) is 5.20. The number of benzene rings is 2. The minimum Gasteiger partial charge on any atom is -0.454 e. The second-order valence-corrected chi connectivity index (χ2v) is 7.06. The third kappa shape index (κ3) is 4.52. The molecule has 2 aromatic rings. The van der Waals surface area contributed by atoms with Crippen LogP contribution in [0.25, 0.3) is 0 Å². The fourth-order valence-electron chi connectivity index (χ4n) is 3.57. The van der Waals surface area contributed by atoms with Crippen molar-refractivity contribution in [3.8, 4) is 11.5 Å². The highest BCUT2D eigenvalue weighted by atomic mass is 19.4. The van der Waals surface area contributed by atoms with Gasteiger partial charge in [0.15, 0.2) is 11.5 Å². The number of carbonyl (C=O) groups is 1. The van der Waals surface area contributed by atoms with Gasteiger partial charge in [-0.2, -0.15) is 13.2 Å². The maximum atomic E-state index is 12.7. The first-order chi connectivity index (χ1) is 14.4. The molecule has 0 saturated carbocycles. The number of fused-ring (bicyclic) bond motifs is 1. The number of alkyl halides is 3. The molecule has 0 radical (unpaired) electrons. The monoisotopic (exact) mass is 422 g/mol. The maximum Gasteiger partial charge on any atom is 0.416 e. The molecule has 4 rings (SSSR count). The van der Waals surface area contributed by atoms with Crippen molar-refractivity contribution in [3.63, 3.8) is 0 Å². The average molecular weight is 422 g/mol. The summed E-state index contributed by atoms with van der Waals surface area (Å²) in [4.78, 5) is 14.7. The Hall–Kier alpha value is -2.78. The molecule has 1 saturated heterocycles. The molecule has 2 heterocycles. The third-order valence-corrected chi connectivity index (χ3v) is 5.20. The van der Waals surface area contributed by atoms with E-state index >= 15 is 0 Å². The number of halogens is 3. The zero-order valence-electron chi connectivity index (χ0n) is 16.1. The van der Waals surface area contributed by atoms with Crippen molar-refractivity contribution in [2.75, 3.05) is 39.6 Å². The van der Waals surface area contributed by atoms with E-state index in [4.69, 9.17) is 14.2 Å². The standard InChI is InChI=1S/C21H21F3N2O4/c22-21(23,24)16-4-1-14(2-5-16)20(27)25-12-17(26-7-9-28-10-8-26)15-3-6-18-19(11-15)30-13-29-18/h1-6,11,17H,7-10,12-13H2,(H,25,27)/t17-/m0/s1. The molecule has 1 amide bonds. The van der Waals surface area contributed by atoms with Crippen LogP contribution in [0.3, 0.4) is 0 Å². The second kappa shape index (κ2) is 8.53. The summed E-state index contributed by atoms with van der Waals surface area (Å²) in [5.74, 6) is 0.899. The summed E-state index contributed by atoms with van der Waals surface area (Å²) in [5, 5.41) is 2.85. The molecular weight excluding hydrogens is 401 g/mol. The second-order valence-electron chi connectivity index (χ2n) is 7.06. The van der Waals surface area contributed by atoms with E-state index < -0.39 is 17.6 Å². The lowest BCUT2D eigenvalue weighted by Gasteiger charge is -2.35. The average Bonchev–Trinajstić information content (AvgIpc) is 3.22. The molecule has 1 N–H and O–H groups in total. The van der Waals surface area contributed by atoms with Gasteiger partial charge in [0.1, 0.15) is 0 Å². The van der Waals surface area contributed by atoms with Crippen molar-refractivity contribution < 1.29 is 32.2 Å². The normalized spacial score (nSPS) is 17.6. The van der Waals surface area contributed by atoms with Crippen molar-refractivity contribution in [1.29, 1.82) is 0 Å². The van der Waals surface area contributed by atoms with Crippen LogP contribution in [0.15, 0.2) is 42.5 Å². The maximum absolute atomic E-state index is 12.7. The molecule has 0 unspecified atom stereocenters. The van der Waals surface area contributed by atoms with Crippen LogP contribution in [-0.2, 0) is 10.9 Å². The Bertz CT molecular complexity index is 896. The van der Waals surface area contributed by atoms with Gasteiger partial charge >= 0.3 is 6.18 Å². The van der Waals surface area contributed by atoms with Crippen LogP contribution in [0.2, 0.25) is 0 Å². The Morgan fingerprint density at radius 2 is 1.73 bits per heavy atom. The van der Waals surface area contributed by atoms with E-state index in [0.29, 0.717) is 44.3 Å². The molecule has 2 aliphatic rings. The Balaban J connectivity index is 1.48. The number of ether oxygens (including phenoxy) is 3. The lowest BCUT2D eigenvalue weighted by atomic mass is 10.0. The minimum absolute atomic E-state index is 0.137. The highest BCUT2D eigenvalue weighted by molar-refractivity contribution is 5.94. The number of amides is 1. The Kier molecular flexibility index (Phi) is 5.83. The molecule has 2 aliphatic heterocycles. The van der Waals surface area contributed by atoms with Crippen LogP contribution >= 0.6 is 0 Å². The van der Waals surface area contributed by atoms with Gasteiger partial charge in [-0.15, -0.1) is 0 Å². The fourth-order valence-corrected chi connectivity index (χ4v) is 3.57. The lowest BCUT2D eigenvalue weighted by Crippen LogP contribution is -2.43. The zero-order chi connectivity index (χ0) is 21.1. The molecular formula is C21H21F3N2O4. The number of rotatable bonds is 5. The molecule has 0 bridgehead atoms. The molecule has 30 heavy (non-hydrogen) atoms. The minimum atomic E-state index is -4.43. The summed E-state index contributed by atoms with van der Waals surface area (Å²) < 4.78 is 54.4. The number of morpholine rings is 1. The SMILES string of the molecule is O=C(NC[C@@H](c1ccc2c(c1)OCO2)N1CCOCC1)c1ccc(C(F)(F)F)cc1. The molecule has 0 spiro atoms. The largest absolute Gasteiger partial charge is 0.454 e. The van der Waals surface area contributed by atoms with Gasteiger partial charge in [0.25, 0.3) is 5.91 Å². The van der Waals surface area contributed by atoms with Gasteiger partial charge < -0.3 is 19.5 Å². The summed E-state index contributed by atoms with van der Waals surface area (Å²) in [5.41, 5.74) is 0.342. The van der Waals surface area contributed by atoms with E-state index in [0.717, 1.165) is 17.7 Å². The highest BCUT2D eigenvalue weighted by Gasteiger charge is 2.30. The van der Waals surface area contributed by atoms with Crippen LogP contribution in [0.1, 0.15) is 27.5 Å². The van der Waals surface area contributed by atoms with E-state index in [1.54, 1.807) is 0 Å². The molecule has 0 aliphatic carbocycles. The van der Waals surface area contributed by atoms with Crippen molar-refractivity contribution in [3.05, 3.63) is 59.2 Å². The van der Waals surface area contributed by atoms with E-state index in [1.165, 1.54) is 12.1 Å². The summed E-state index contributed by atoms with van der Waals surface area (Å²) in [6.07, 6.45) is -4.43. The van der Waals surface area contributed by atoms with Crippen LogP contribution < -0.4 is 14.8 Å². The van der Waals surface area contributed by atoms with Crippen molar-refractivity contribution in [2.24, 2.45) is 0 Å². The van der Waals surface area contributed by atoms with Gasteiger partial charge in [-0.25, -0.2) is 0 Å². The summed E-state index contributed by atoms with van der Waals surface area (Å²) in [7, 11) is 0. The van der Waals surface area contributed by atoms with E-state index in [2.05, 4.69) is 10.2 Å². The predicted octanol–water partition coefficient (Wildman–Crippen LogP) is 3.24. The molecule has 2 aromatic carbocycles. The van der Waals surface area contributed by atoms with E-state index in [9.17, 15) is 18.0 Å². The molecule has 0 aromatic heterocycles. The highest BCUT2D eigenvalue weighted by Crippen LogP contribution is 2.35. The Labute approximate surface area is 171 Å². The van der Waals surface area contributed by atoms with Crippen molar-refractivity contribution in [2.45, 2.75) is 12.2 Å². The van der Waals surface area contributed by atoms with Gasteiger partial charge in [-0.3, -0.25) is 9.69 Å². The number of nitrogens with one attached hydrogen (secondary N) is 1. The topological polar surface area (TPSA) is 60.0 Å². The Morgan fingerprint density at radius 1 is 1.03 bits per heavy atom.